The minimum Gasteiger partial charge on any atom is -0.449 e. The fourth-order valence-electron chi connectivity index (χ4n) is 3.55. The lowest BCUT2D eigenvalue weighted by atomic mass is 9.98. The van der Waals surface area contributed by atoms with E-state index in [0.29, 0.717) is 18.8 Å². The zero-order chi connectivity index (χ0) is 18.8. The van der Waals surface area contributed by atoms with E-state index in [2.05, 4.69) is 52.2 Å². The molecule has 0 aliphatic heterocycles. The van der Waals surface area contributed by atoms with Crippen LogP contribution in [0.5, 0.6) is 0 Å². The SMILES string of the molecule is Nc1ccc(I)c(CNC(=O)OCC2c3ccccc3-c3ccccc32)c1. The van der Waals surface area contributed by atoms with Crippen molar-refractivity contribution in [3.05, 3.63) is 87.0 Å². The van der Waals surface area contributed by atoms with Crippen LogP contribution in [0.2, 0.25) is 0 Å². The summed E-state index contributed by atoms with van der Waals surface area (Å²) in [5.41, 5.74) is 12.3. The maximum Gasteiger partial charge on any atom is 0.407 e. The van der Waals surface area contributed by atoms with Gasteiger partial charge >= 0.3 is 6.09 Å². The van der Waals surface area contributed by atoms with Gasteiger partial charge in [-0.2, -0.15) is 0 Å². The molecule has 1 amide bonds. The van der Waals surface area contributed by atoms with Crippen molar-refractivity contribution < 1.29 is 9.53 Å². The number of rotatable bonds is 4. The molecule has 0 radical (unpaired) electrons. The van der Waals surface area contributed by atoms with E-state index in [1.165, 1.54) is 22.3 Å². The van der Waals surface area contributed by atoms with Gasteiger partial charge in [-0.05, 0) is 68.6 Å². The number of nitrogens with two attached hydrogens (primary N) is 1. The molecule has 3 aromatic carbocycles. The van der Waals surface area contributed by atoms with E-state index in [1.807, 2.05) is 42.5 Å². The second kappa shape index (κ2) is 7.60. The molecule has 4 nitrogen and oxygen atoms in total. The van der Waals surface area contributed by atoms with Gasteiger partial charge in [0, 0.05) is 21.7 Å². The van der Waals surface area contributed by atoms with Crippen LogP contribution in [0, 0.1) is 3.57 Å². The number of amides is 1. The Kier molecular flexibility index (Phi) is 5.03. The summed E-state index contributed by atoms with van der Waals surface area (Å²) in [5.74, 6) is 0.0654. The first kappa shape index (κ1) is 17.9. The Morgan fingerprint density at radius 2 is 1.63 bits per heavy atom. The molecule has 5 heteroatoms. The highest BCUT2D eigenvalue weighted by Gasteiger charge is 2.28. The van der Waals surface area contributed by atoms with Gasteiger partial charge in [0.05, 0.1) is 0 Å². The number of benzene rings is 3. The van der Waals surface area contributed by atoms with Gasteiger partial charge in [0.2, 0.25) is 0 Å². The van der Waals surface area contributed by atoms with Crippen molar-refractivity contribution in [1.82, 2.24) is 5.32 Å². The molecular formula is C22H19IN2O2. The molecule has 0 fully saturated rings. The third kappa shape index (κ3) is 3.64. The van der Waals surface area contributed by atoms with Crippen molar-refractivity contribution >= 4 is 34.4 Å². The van der Waals surface area contributed by atoms with Crippen LogP contribution in [0.25, 0.3) is 11.1 Å². The first-order valence-electron chi connectivity index (χ1n) is 8.76. The first-order chi connectivity index (χ1) is 13.1. The Labute approximate surface area is 171 Å². The minimum atomic E-state index is -0.421. The van der Waals surface area contributed by atoms with Gasteiger partial charge in [-0.15, -0.1) is 0 Å². The summed E-state index contributed by atoms with van der Waals surface area (Å²) in [7, 11) is 0. The van der Waals surface area contributed by atoms with Gasteiger partial charge in [-0.25, -0.2) is 4.79 Å². The maximum atomic E-state index is 12.2. The fraction of sp³-hybridized carbons (Fsp3) is 0.136. The third-order valence-corrected chi connectivity index (χ3v) is 5.89. The molecule has 0 bridgehead atoms. The number of nitrogen functional groups attached to an aromatic ring is 1. The highest BCUT2D eigenvalue weighted by Crippen LogP contribution is 2.44. The van der Waals surface area contributed by atoms with Crippen LogP contribution >= 0.6 is 22.6 Å². The molecule has 136 valence electrons. The summed E-state index contributed by atoms with van der Waals surface area (Å²) in [6.07, 6.45) is -0.421. The Morgan fingerprint density at radius 3 is 2.30 bits per heavy atom. The Bertz CT molecular complexity index is 958. The van der Waals surface area contributed by atoms with Crippen molar-refractivity contribution in [2.24, 2.45) is 0 Å². The molecule has 0 saturated carbocycles. The van der Waals surface area contributed by atoms with Gasteiger partial charge in [-0.1, -0.05) is 48.5 Å². The summed E-state index contributed by atoms with van der Waals surface area (Å²) in [6, 6.07) is 22.2. The molecule has 4 rings (SSSR count). The molecule has 0 aromatic heterocycles. The summed E-state index contributed by atoms with van der Waals surface area (Å²) in [5, 5.41) is 2.82. The summed E-state index contributed by atoms with van der Waals surface area (Å²) >= 11 is 2.23. The predicted molar refractivity (Wildman–Crippen MR) is 115 cm³/mol. The fourth-order valence-corrected chi connectivity index (χ4v) is 4.07. The van der Waals surface area contributed by atoms with Crippen LogP contribution in [0.1, 0.15) is 22.6 Å². The van der Waals surface area contributed by atoms with Crippen LogP contribution in [-0.4, -0.2) is 12.7 Å². The molecule has 1 aliphatic carbocycles. The standard InChI is InChI=1S/C22H19IN2O2/c23-21-10-9-15(24)11-14(21)12-25-22(26)27-13-20-18-7-3-1-5-16(18)17-6-2-4-8-19(17)20/h1-11,20H,12-13,24H2,(H,25,26). The second-order valence-electron chi connectivity index (χ2n) is 6.53. The van der Waals surface area contributed by atoms with E-state index in [4.69, 9.17) is 10.5 Å². The maximum absolute atomic E-state index is 12.2. The lowest BCUT2D eigenvalue weighted by molar-refractivity contribution is 0.142. The van der Waals surface area contributed by atoms with Gasteiger partial charge in [-0.3, -0.25) is 0 Å². The number of fused-ring (bicyclic) bond motifs is 3. The number of alkyl carbamates (subject to hydrolysis) is 1. The molecule has 0 saturated heterocycles. The van der Waals surface area contributed by atoms with Gasteiger partial charge in [0.1, 0.15) is 6.61 Å². The minimum absolute atomic E-state index is 0.0654. The zero-order valence-corrected chi connectivity index (χ0v) is 16.8. The van der Waals surface area contributed by atoms with Crippen molar-refractivity contribution in [1.29, 1.82) is 0 Å². The Balaban J connectivity index is 1.43. The Hall–Kier alpha value is -2.54. The third-order valence-electron chi connectivity index (χ3n) is 4.84. The number of hydrogen-bond acceptors (Lipinski definition) is 3. The average Bonchev–Trinajstić information content (AvgIpc) is 3.01. The quantitative estimate of drug-likeness (QED) is 0.421. The average molecular weight is 470 g/mol. The molecule has 27 heavy (non-hydrogen) atoms. The number of carbonyl (C=O) groups is 1. The van der Waals surface area contributed by atoms with E-state index < -0.39 is 6.09 Å². The number of ether oxygens (including phenoxy) is 1. The van der Waals surface area contributed by atoms with E-state index in [9.17, 15) is 4.79 Å². The largest absolute Gasteiger partial charge is 0.449 e. The van der Waals surface area contributed by atoms with E-state index in [1.54, 1.807) is 0 Å². The Morgan fingerprint density at radius 1 is 1.00 bits per heavy atom. The van der Waals surface area contributed by atoms with Crippen molar-refractivity contribution in [2.45, 2.75) is 12.5 Å². The normalized spacial score (nSPS) is 12.3. The van der Waals surface area contributed by atoms with Crippen molar-refractivity contribution in [2.75, 3.05) is 12.3 Å². The molecule has 0 unspecified atom stereocenters. The number of anilines is 1. The smallest absolute Gasteiger partial charge is 0.407 e. The predicted octanol–water partition coefficient (Wildman–Crippen LogP) is 4.91. The van der Waals surface area contributed by atoms with Crippen LogP contribution in [0.4, 0.5) is 10.5 Å². The second-order valence-corrected chi connectivity index (χ2v) is 7.69. The first-order valence-corrected chi connectivity index (χ1v) is 9.84. The van der Waals surface area contributed by atoms with Crippen molar-refractivity contribution in [3.8, 4) is 11.1 Å². The van der Waals surface area contributed by atoms with E-state index in [0.717, 1.165) is 9.13 Å². The van der Waals surface area contributed by atoms with E-state index in [-0.39, 0.29) is 5.92 Å². The molecule has 1 aliphatic rings. The molecule has 0 heterocycles. The van der Waals surface area contributed by atoms with Crippen LogP contribution in [0.15, 0.2) is 66.7 Å². The number of hydrogen-bond donors (Lipinski definition) is 2. The molecule has 0 atom stereocenters. The lowest BCUT2D eigenvalue weighted by Crippen LogP contribution is -2.26. The molecule has 0 spiro atoms. The van der Waals surface area contributed by atoms with Gasteiger partial charge in [0.25, 0.3) is 0 Å². The topological polar surface area (TPSA) is 64.3 Å². The van der Waals surface area contributed by atoms with Gasteiger partial charge < -0.3 is 15.8 Å². The van der Waals surface area contributed by atoms with Crippen LogP contribution in [-0.2, 0) is 11.3 Å². The molecular weight excluding hydrogens is 451 g/mol. The highest BCUT2D eigenvalue weighted by molar-refractivity contribution is 14.1. The summed E-state index contributed by atoms with van der Waals surface area (Å²) in [4.78, 5) is 12.2. The van der Waals surface area contributed by atoms with Crippen molar-refractivity contribution in [3.63, 3.8) is 0 Å². The van der Waals surface area contributed by atoms with Gasteiger partial charge in [0.15, 0.2) is 0 Å². The molecule has 3 aromatic rings. The van der Waals surface area contributed by atoms with E-state index >= 15 is 0 Å². The monoisotopic (exact) mass is 470 g/mol. The zero-order valence-electron chi connectivity index (χ0n) is 14.6. The molecule has 3 N–H and O–H groups in total. The highest BCUT2D eigenvalue weighted by atomic mass is 127. The number of nitrogens with one attached hydrogen (secondary N) is 1. The van der Waals surface area contributed by atoms with Crippen LogP contribution < -0.4 is 11.1 Å². The summed E-state index contributed by atoms with van der Waals surface area (Å²) < 4.78 is 6.60. The van der Waals surface area contributed by atoms with Crippen LogP contribution in [0.3, 0.4) is 0 Å². The lowest BCUT2D eigenvalue weighted by Gasteiger charge is -2.15. The number of halogens is 1. The number of carbonyl (C=O) groups excluding carboxylic acids is 1. The summed E-state index contributed by atoms with van der Waals surface area (Å²) in [6.45, 7) is 0.702.